The average Bonchev–Trinajstić information content (AvgIpc) is 3.02. The van der Waals surface area contributed by atoms with E-state index < -0.39 is 0 Å². The minimum absolute atomic E-state index is 0.0617. The molecule has 2 amide bonds. The first-order valence-corrected chi connectivity index (χ1v) is 9.66. The van der Waals surface area contributed by atoms with Crippen molar-refractivity contribution >= 4 is 17.5 Å². The second kappa shape index (κ2) is 8.69. The third-order valence-electron chi connectivity index (χ3n) is 5.38. The van der Waals surface area contributed by atoms with Gasteiger partial charge in [-0.05, 0) is 39.2 Å². The molecule has 148 valence electrons. The molecule has 1 unspecified atom stereocenters. The molecule has 0 spiro atoms. The number of carbonyl (C=O) groups is 2. The highest BCUT2D eigenvalue weighted by Crippen LogP contribution is 2.23. The minimum Gasteiger partial charge on any atom is -0.366 e. The van der Waals surface area contributed by atoms with Crippen LogP contribution in [0.5, 0.6) is 0 Å². The molecule has 2 aliphatic rings. The number of carbonyl (C=O) groups excluding carboxylic acids is 2. The van der Waals surface area contributed by atoms with Gasteiger partial charge in [-0.3, -0.25) is 9.59 Å². The largest absolute Gasteiger partial charge is 0.366 e. The minimum atomic E-state index is -0.239. The molecule has 0 aromatic heterocycles. The van der Waals surface area contributed by atoms with E-state index in [1.807, 2.05) is 34.9 Å². The predicted molar refractivity (Wildman–Crippen MR) is 103 cm³/mol. The van der Waals surface area contributed by atoms with Crippen molar-refractivity contribution < 1.29 is 14.0 Å². The predicted octanol–water partition coefficient (Wildman–Crippen LogP) is 1.27. The van der Waals surface area contributed by atoms with Crippen LogP contribution in [0, 0.1) is 11.7 Å². The van der Waals surface area contributed by atoms with Crippen LogP contribution in [-0.2, 0) is 9.59 Å². The molecule has 1 aromatic rings. The Kier molecular flexibility index (Phi) is 6.31. The number of rotatable bonds is 6. The number of likely N-dealkylation sites (tertiary alicyclic amines) is 1. The lowest BCUT2D eigenvalue weighted by Gasteiger charge is -2.37. The zero-order valence-corrected chi connectivity index (χ0v) is 16.2. The number of para-hydroxylation sites is 1. The highest BCUT2D eigenvalue weighted by atomic mass is 19.1. The van der Waals surface area contributed by atoms with Crippen LogP contribution in [-0.4, -0.2) is 86.4 Å². The Bertz CT molecular complexity index is 674. The fraction of sp³-hybridized carbons (Fsp3) is 0.600. The Morgan fingerprint density at radius 2 is 1.89 bits per heavy atom. The van der Waals surface area contributed by atoms with Crippen molar-refractivity contribution in [3.05, 3.63) is 30.1 Å². The van der Waals surface area contributed by atoms with Crippen LogP contribution in [0.4, 0.5) is 10.1 Å². The van der Waals surface area contributed by atoms with Crippen molar-refractivity contribution in [2.24, 2.45) is 5.92 Å². The zero-order chi connectivity index (χ0) is 19.4. The van der Waals surface area contributed by atoms with Gasteiger partial charge in [0.15, 0.2) is 0 Å². The number of halogens is 1. The van der Waals surface area contributed by atoms with E-state index in [1.165, 1.54) is 6.07 Å². The summed E-state index contributed by atoms with van der Waals surface area (Å²) in [4.78, 5) is 32.8. The molecule has 2 saturated heterocycles. The van der Waals surface area contributed by atoms with E-state index in [4.69, 9.17) is 0 Å². The quantitative estimate of drug-likeness (QED) is 0.750. The molecule has 2 aliphatic heterocycles. The van der Waals surface area contributed by atoms with E-state index in [-0.39, 0.29) is 23.5 Å². The summed E-state index contributed by atoms with van der Waals surface area (Å²) in [6, 6.07) is 6.74. The Morgan fingerprint density at radius 1 is 1.19 bits per heavy atom. The molecule has 0 N–H and O–H groups in total. The second-order valence-corrected chi connectivity index (χ2v) is 7.66. The Morgan fingerprint density at radius 3 is 2.56 bits per heavy atom. The maximum atomic E-state index is 13.9. The van der Waals surface area contributed by atoms with Crippen LogP contribution in [0.15, 0.2) is 24.3 Å². The summed E-state index contributed by atoms with van der Waals surface area (Å²) in [5, 5.41) is 0. The van der Waals surface area contributed by atoms with Gasteiger partial charge < -0.3 is 19.6 Å². The third kappa shape index (κ3) is 4.77. The van der Waals surface area contributed by atoms with Gasteiger partial charge in [-0.1, -0.05) is 12.1 Å². The van der Waals surface area contributed by atoms with E-state index in [9.17, 15) is 14.0 Å². The monoisotopic (exact) mass is 376 g/mol. The molecule has 1 aromatic carbocycles. The van der Waals surface area contributed by atoms with Gasteiger partial charge >= 0.3 is 0 Å². The van der Waals surface area contributed by atoms with Gasteiger partial charge in [0.1, 0.15) is 5.82 Å². The van der Waals surface area contributed by atoms with Gasteiger partial charge in [-0.2, -0.15) is 0 Å². The Labute approximate surface area is 160 Å². The summed E-state index contributed by atoms with van der Waals surface area (Å²) >= 11 is 0. The fourth-order valence-corrected chi connectivity index (χ4v) is 3.87. The van der Waals surface area contributed by atoms with Gasteiger partial charge in [0.05, 0.1) is 11.6 Å². The average molecular weight is 376 g/mol. The van der Waals surface area contributed by atoms with Crippen molar-refractivity contribution in [1.82, 2.24) is 14.7 Å². The van der Waals surface area contributed by atoms with Crippen molar-refractivity contribution in [1.29, 1.82) is 0 Å². The summed E-state index contributed by atoms with van der Waals surface area (Å²) in [6.45, 7) is 4.53. The first-order valence-electron chi connectivity index (χ1n) is 9.66. The van der Waals surface area contributed by atoms with Crippen LogP contribution in [0.2, 0.25) is 0 Å². The highest BCUT2D eigenvalue weighted by molar-refractivity contribution is 5.89. The maximum Gasteiger partial charge on any atom is 0.228 e. The van der Waals surface area contributed by atoms with E-state index in [2.05, 4.69) is 4.90 Å². The van der Waals surface area contributed by atoms with E-state index in [0.717, 1.165) is 13.0 Å². The lowest BCUT2D eigenvalue weighted by molar-refractivity contribution is -0.136. The zero-order valence-electron chi connectivity index (χ0n) is 16.2. The van der Waals surface area contributed by atoms with Crippen molar-refractivity contribution in [2.75, 3.05) is 64.8 Å². The number of anilines is 1. The normalized spacial score (nSPS) is 20.7. The van der Waals surface area contributed by atoms with Gasteiger partial charge in [-0.15, -0.1) is 0 Å². The molecule has 7 heteroatoms. The molecular weight excluding hydrogens is 347 g/mol. The third-order valence-corrected chi connectivity index (χ3v) is 5.38. The molecule has 2 heterocycles. The first-order chi connectivity index (χ1) is 13.0. The highest BCUT2D eigenvalue weighted by Gasteiger charge is 2.37. The molecule has 3 rings (SSSR count). The Balaban J connectivity index is 1.49. The van der Waals surface area contributed by atoms with Crippen LogP contribution in [0.25, 0.3) is 0 Å². The summed E-state index contributed by atoms with van der Waals surface area (Å²) in [7, 11) is 4.03. The molecular formula is C20H29FN4O2. The Hall–Kier alpha value is -2.15. The number of hydrogen-bond donors (Lipinski definition) is 0. The maximum absolute atomic E-state index is 13.9. The lowest BCUT2D eigenvalue weighted by Crippen LogP contribution is -2.51. The van der Waals surface area contributed by atoms with Gasteiger partial charge in [-0.25, -0.2) is 4.39 Å². The lowest BCUT2D eigenvalue weighted by atomic mass is 10.1. The molecule has 0 saturated carbocycles. The number of amides is 2. The molecule has 1 atom stereocenters. The second-order valence-electron chi connectivity index (χ2n) is 7.66. The molecule has 2 fully saturated rings. The summed E-state index contributed by atoms with van der Waals surface area (Å²) in [5.74, 6) is -0.326. The fourth-order valence-electron chi connectivity index (χ4n) is 3.87. The molecule has 6 nitrogen and oxygen atoms in total. The van der Waals surface area contributed by atoms with E-state index in [0.29, 0.717) is 51.4 Å². The summed E-state index contributed by atoms with van der Waals surface area (Å²) < 4.78 is 13.9. The van der Waals surface area contributed by atoms with E-state index in [1.54, 1.807) is 12.1 Å². The molecule has 0 aliphatic carbocycles. The van der Waals surface area contributed by atoms with Crippen LogP contribution >= 0.6 is 0 Å². The first kappa shape index (κ1) is 19.6. The smallest absolute Gasteiger partial charge is 0.228 e. The molecule has 27 heavy (non-hydrogen) atoms. The topological polar surface area (TPSA) is 47.1 Å². The summed E-state index contributed by atoms with van der Waals surface area (Å²) in [6.07, 6.45) is 1.23. The number of nitrogens with zero attached hydrogens (tertiary/aromatic N) is 4. The van der Waals surface area contributed by atoms with Crippen molar-refractivity contribution in [3.63, 3.8) is 0 Å². The van der Waals surface area contributed by atoms with Gasteiger partial charge in [0, 0.05) is 45.7 Å². The van der Waals surface area contributed by atoms with Gasteiger partial charge in [0.25, 0.3) is 0 Å². The number of hydrogen-bond acceptors (Lipinski definition) is 4. The number of piperazine rings is 1. The van der Waals surface area contributed by atoms with E-state index >= 15 is 0 Å². The number of benzene rings is 1. The van der Waals surface area contributed by atoms with Gasteiger partial charge in [0.2, 0.25) is 11.8 Å². The van der Waals surface area contributed by atoms with Crippen LogP contribution in [0.1, 0.15) is 12.8 Å². The standard InChI is InChI=1S/C20H29FN4O2/c1-22(2)8-5-9-25-15-16(14-19(25)26)20(27)24-12-10-23(11-13-24)18-7-4-3-6-17(18)21/h3-4,6-7,16H,5,8-15H2,1-2H3. The van der Waals surface area contributed by atoms with Crippen molar-refractivity contribution in [3.8, 4) is 0 Å². The molecule has 0 bridgehead atoms. The SMILES string of the molecule is CN(C)CCCN1CC(C(=O)N2CCN(c3ccccc3F)CC2)CC1=O. The van der Waals surface area contributed by atoms with Crippen molar-refractivity contribution in [2.45, 2.75) is 12.8 Å². The van der Waals surface area contributed by atoms with Crippen LogP contribution in [0.3, 0.4) is 0 Å². The van der Waals surface area contributed by atoms with Crippen LogP contribution < -0.4 is 4.90 Å². The molecule has 0 radical (unpaired) electrons. The summed E-state index contributed by atoms with van der Waals surface area (Å²) in [5.41, 5.74) is 0.590.